The molecule has 0 aromatic heterocycles. The van der Waals surface area contributed by atoms with Gasteiger partial charge in [0.25, 0.3) is 0 Å². The number of nitrogens with one attached hydrogen (secondary N) is 1. The zero-order chi connectivity index (χ0) is 11.5. The fourth-order valence-electron chi connectivity index (χ4n) is 2.62. The summed E-state index contributed by atoms with van der Waals surface area (Å²) < 4.78 is 0. The first-order valence-corrected chi connectivity index (χ1v) is 6.23. The van der Waals surface area contributed by atoms with Crippen molar-refractivity contribution in [3.63, 3.8) is 0 Å². The van der Waals surface area contributed by atoms with E-state index in [0.29, 0.717) is 18.9 Å². The molecule has 1 atom stereocenters. The number of piperazine rings is 1. The van der Waals surface area contributed by atoms with Crippen LogP contribution in [0.4, 0.5) is 0 Å². The van der Waals surface area contributed by atoms with Crippen LogP contribution in [0, 0.1) is 5.92 Å². The van der Waals surface area contributed by atoms with Crippen LogP contribution < -0.4 is 5.32 Å². The molecular formula is C12H20N2O2. The minimum atomic E-state index is -0.154. The van der Waals surface area contributed by atoms with Gasteiger partial charge in [-0.2, -0.15) is 0 Å². The smallest absolute Gasteiger partial charge is 0.237 e. The minimum absolute atomic E-state index is 0.0467. The minimum Gasteiger partial charge on any atom is -0.353 e. The lowest BCUT2D eigenvalue weighted by molar-refractivity contribution is -0.131. The number of amides is 1. The zero-order valence-corrected chi connectivity index (χ0v) is 9.87. The topological polar surface area (TPSA) is 49.4 Å². The van der Waals surface area contributed by atoms with Crippen LogP contribution in [0.15, 0.2) is 0 Å². The van der Waals surface area contributed by atoms with Gasteiger partial charge in [-0.05, 0) is 19.8 Å². The fourth-order valence-corrected chi connectivity index (χ4v) is 2.62. The van der Waals surface area contributed by atoms with Crippen molar-refractivity contribution in [3.8, 4) is 0 Å². The van der Waals surface area contributed by atoms with E-state index in [0.717, 1.165) is 19.4 Å². The molecule has 0 bridgehead atoms. The van der Waals surface area contributed by atoms with Crippen molar-refractivity contribution in [2.24, 2.45) is 5.92 Å². The van der Waals surface area contributed by atoms with E-state index in [9.17, 15) is 9.59 Å². The van der Waals surface area contributed by atoms with Gasteiger partial charge in [0.2, 0.25) is 5.91 Å². The van der Waals surface area contributed by atoms with Crippen LogP contribution >= 0.6 is 0 Å². The standard InChI is InChI=1S/C12H20N2O2/c1-9-12(16)13-6-7-14(9)8-11(15)10-4-2-3-5-10/h9-10H,2-8H2,1H3,(H,13,16). The highest BCUT2D eigenvalue weighted by Crippen LogP contribution is 2.25. The predicted octanol–water partition coefficient (Wildman–Crippen LogP) is 0.566. The highest BCUT2D eigenvalue weighted by molar-refractivity contribution is 5.86. The molecule has 1 amide bonds. The normalized spacial score (nSPS) is 28.1. The summed E-state index contributed by atoms with van der Waals surface area (Å²) in [6, 6.07) is -0.154. The molecule has 0 spiro atoms. The molecule has 2 fully saturated rings. The van der Waals surface area contributed by atoms with Crippen LogP contribution in [0.3, 0.4) is 0 Å². The third kappa shape index (κ3) is 2.43. The van der Waals surface area contributed by atoms with E-state index >= 15 is 0 Å². The molecule has 2 rings (SSSR count). The second-order valence-corrected chi connectivity index (χ2v) is 4.89. The Balaban J connectivity index is 1.88. The van der Waals surface area contributed by atoms with Crippen molar-refractivity contribution in [1.82, 2.24) is 10.2 Å². The third-order valence-electron chi connectivity index (χ3n) is 3.79. The van der Waals surface area contributed by atoms with Gasteiger partial charge in [0.1, 0.15) is 5.78 Å². The lowest BCUT2D eigenvalue weighted by Crippen LogP contribution is -2.55. The van der Waals surface area contributed by atoms with Crippen LogP contribution in [0.25, 0.3) is 0 Å². The Morgan fingerprint density at radius 3 is 2.81 bits per heavy atom. The first-order chi connectivity index (χ1) is 7.68. The Bertz CT molecular complexity index is 285. The Labute approximate surface area is 96.4 Å². The quantitative estimate of drug-likeness (QED) is 0.762. The first-order valence-electron chi connectivity index (χ1n) is 6.23. The summed E-state index contributed by atoms with van der Waals surface area (Å²) in [5.41, 5.74) is 0. The third-order valence-corrected chi connectivity index (χ3v) is 3.79. The van der Waals surface area contributed by atoms with Crippen LogP contribution in [-0.2, 0) is 9.59 Å². The molecule has 2 aliphatic rings. The first kappa shape index (κ1) is 11.6. The molecule has 1 saturated heterocycles. The number of ketones is 1. The lowest BCUT2D eigenvalue weighted by atomic mass is 10.0. The van der Waals surface area contributed by atoms with Crippen molar-refractivity contribution in [1.29, 1.82) is 0 Å². The number of carbonyl (C=O) groups is 2. The Morgan fingerprint density at radius 2 is 2.12 bits per heavy atom. The maximum absolute atomic E-state index is 12.0. The van der Waals surface area contributed by atoms with E-state index in [-0.39, 0.29) is 17.9 Å². The molecule has 1 aliphatic carbocycles. The molecule has 90 valence electrons. The summed E-state index contributed by atoms with van der Waals surface area (Å²) in [6.45, 7) is 3.79. The van der Waals surface area contributed by atoms with Gasteiger partial charge in [-0.15, -0.1) is 0 Å². The van der Waals surface area contributed by atoms with Crippen molar-refractivity contribution >= 4 is 11.7 Å². The van der Waals surface area contributed by atoms with Gasteiger partial charge in [0.15, 0.2) is 0 Å². The van der Waals surface area contributed by atoms with Gasteiger partial charge in [-0.25, -0.2) is 0 Å². The number of rotatable bonds is 3. The molecule has 0 aromatic rings. The lowest BCUT2D eigenvalue weighted by Gasteiger charge is -2.32. The predicted molar refractivity (Wildman–Crippen MR) is 61.0 cm³/mol. The van der Waals surface area contributed by atoms with Crippen LogP contribution in [-0.4, -0.2) is 42.3 Å². The van der Waals surface area contributed by atoms with Gasteiger partial charge >= 0.3 is 0 Å². The largest absolute Gasteiger partial charge is 0.353 e. The number of Topliss-reactive ketones (excluding diaryl/α,β-unsaturated/α-hetero) is 1. The Morgan fingerprint density at radius 1 is 1.44 bits per heavy atom. The van der Waals surface area contributed by atoms with Gasteiger partial charge in [-0.3, -0.25) is 14.5 Å². The van der Waals surface area contributed by atoms with Crippen molar-refractivity contribution < 1.29 is 9.59 Å². The van der Waals surface area contributed by atoms with Crippen molar-refractivity contribution in [3.05, 3.63) is 0 Å². The highest BCUT2D eigenvalue weighted by atomic mass is 16.2. The molecule has 16 heavy (non-hydrogen) atoms. The molecule has 1 saturated carbocycles. The zero-order valence-electron chi connectivity index (χ0n) is 9.87. The molecule has 0 aromatic carbocycles. The average molecular weight is 224 g/mol. The maximum Gasteiger partial charge on any atom is 0.237 e. The molecule has 1 N–H and O–H groups in total. The summed E-state index contributed by atoms with van der Waals surface area (Å²) in [4.78, 5) is 25.4. The van der Waals surface area contributed by atoms with E-state index in [1.807, 2.05) is 11.8 Å². The number of nitrogens with zero attached hydrogens (tertiary/aromatic N) is 1. The van der Waals surface area contributed by atoms with Crippen molar-refractivity contribution in [2.45, 2.75) is 38.6 Å². The van der Waals surface area contributed by atoms with Gasteiger partial charge in [0, 0.05) is 19.0 Å². The van der Waals surface area contributed by atoms with Gasteiger partial charge < -0.3 is 5.32 Å². The Hall–Kier alpha value is -0.900. The van der Waals surface area contributed by atoms with Gasteiger partial charge in [-0.1, -0.05) is 12.8 Å². The molecule has 1 heterocycles. The van der Waals surface area contributed by atoms with Crippen LogP contribution in [0.2, 0.25) is 0 Å². The molecule has 0 radical (unpaired) electrons. The van der Waals surface area contributed by atoms with E-state index in [4.69, 9.17) is 0 Å². The summed E-state index contributed by atoms with van der Waals surface area (Å²) in [5, 5.41) is 2.81. The number of carbonyl (C=O) groups excluding carboxylic acids is 2. The molecular weight excluding hydrogens is 204 g/mol. The monoisotopic (exact) mass is 224 g/mol. The van der Waals surface area contributed by atoms with Crippen molar-refractivity contribution in [2.75, 3.05) is 19.6 Å². The average Bonchev–Trinajstić information content (AvgIpc) is 2.78. The summed E-state index contributed by atoms with van der Waals surface area (Å²) in [6.07, 6.45) is 4.47. The van der Waals surface area contributed by atoms with Gasteiger partial charge in [0.05, 0.1) is 12.6 Å². The van der Waals surface area contributed by atoms with E-state index < -0.39 is 0 Å². The second kappa shape index (κ2) is 4.95. The molecule has 1 aliphatic heterocycles. The molecule has 4 heteroatoms. The van der Waals surface area contributed by atoms with Crippen LogP contribution in [0.5, 0.6) is 0 Å². The van der Waals surface area contributed by atoms with E-state index in [1.165, 1.54) is 12.8 Å². The van der Waals surface area contributed by atoms with E-state index in [2.05, 4.69) is 5.32 Å². The summed E-state index contributed by atoms with van der Waals surface area (Å²) in [7, 11) is 0. The van der Waals surface area contributed by atoms with Crippen LogP contribution in [0.1, 0.15) is 32.6 Å². The highest BCUT2D eigenvalue weighted by Gasteiger charge is 2.30. The SMILES string of the molecule is CC1C(=O)NCCN1CC(=O)C1CCCC1. The van der Waals surface area contributed by atoms with E-state index in [1.54, 1.807) is 0 Å². The second-order valence-electron chi connectivity index (χ2n) is 4.89. The summed E-state index contributed by atoms with van der Waals surface area (Å²) in [5.74, 6) is 0.640. The Kier molecular flexibility index (Phi) is 3.59. The summed E-state index contributed by atoms with van der Waals surface area (Å²) >= 11 is 0. The number of hydrogen-bond acceptors (Lipinski definition) is 3. The molecule has 4 nitrogen and oxygen atoms in total. The molecule has 1 unspecified atom stereocenters. The maximum atomic E-state index is 12.0. The number of hydrogen-bond donors (Lipinski definition) is 1. The fraction of sp³-hybridized carbons (Fsp3) is 0.833.